The lowest BCUT2D eigenvalue weighted by atomic mass is 9.87. The van der Waals surface area contributed by atoms with Gasteiger partial charge in [-0.15, -0.1) is 0 Å². The van der Waals surface area contributed by atoms with Gasteiger partial charge in [0.15, 0.2) is 5.69 Å². The van der Waals surface area contributed by atoms with Gasteiger partial charge in [0.05, 0.1) is 11.4 Å². The van der Waals surface area contributed by atoms with Crippen molar-refractivity contribution in [2.75, 3.05) is 12.3 Å². The number of nitrogens with zero attached hydrogens (tertiary/aromatic N) is 1. The molecule has 108 valence electrons. The van der Waals surface area contributed by atoms with Crippen LogP contribution in [0.1, 0.15) is 62.6 Å². The third-order valence-electron chi connectivity index (χ3n) is 3.39. The van der Waals surface area contributed by atoms with Crippen LogP contribution in [0.3, 0.4) is 0 Å². The Morgan fingerprint density at radius 2 is 2.11 bits per heavy atom. The molecular weight excluding hydrogens is 240 g/mol. The first-order valence-electron chi connectivity index (χ1n) is 6.96. The van der Waals surface area contributed by atoms with E-state index in [-0.39, 0.29) is 11.3 Å². The fourth-order valence-corrected chi connectivity index (χ4v) is 1.96. The summed E-state index contributed by atoms with van der Waals surface area (Å²) in [5, 5.41) is 9.57. The minimum Gasteiger partial charge on any atom is -0.395 e. The summed E-state index contributed by atoms with van der Waals surface area (Å²) in [6.45, 7) is 8.97. The Labute approximate surface area is 115 Å². The lowest BCUT2D eigenvalue weighted by Crippen LogP contribution is -2.34. The number of hydrogen-bond donors (Lipinski definition) is 3. The number of unbranched alkanes of at least 4 members (excludes halogenated alkanes) is 2. The Balaban J connectivity index is 2.47. The molecule has 0 unspecified atom stereocenters. The van der Waals surface area contributed by atoms with Gasteiger partial charge in [0.25, 0.3) is 5.91 Å². The number of amides is 1. The molecular formula is C14H26N4O. The summed E-state index contributed by atoms with van der Waals surface area (Å²) < 4.78 is 0. The van der Waals surface area contributed by atoms with Crippen LogP contribution in [0.15, 0.2) is 0 Å². The molecule has 0 radical (unpaired) electrons. The first-order chi connectivity index (χ1) is 8.87. The Kier molecular flexibility index (Phi) is 5.39. The Bertz CT molecular complexity index is 423. The molecule has 0 fully saturated rings. The molecule has 19 heavy (non-hydrogen) atoms. The van der Waals surface area contributed by atoms with Gasteiger partial charge in [-0.3, -0.25) is 9.89 Å². The maximum Gasteiger partial charge on any atom is 0.273 e. The highest BCUT2D eigenvalue weighted by atomic mass is 16.1. The number of rotatable bonds is 7. The number of carbonyl (C=O) groups excluding carboxylic acids is 1. The van der Waals surface area contributed by atoms with E-state index < -0.39 is 0 Å². The molecule has 0 saturated heterocycles. The second-order valence-electron chi connectivity index (χ2n) is 5.91. The number of carbonyl (C=O) groups is 1. The predicted molar refractivity (Wildman–Crippen MR) is 78.0 cm³/mol. The van der Waals surface area contributed by atoms with E-state index in [0.717, 1.165) is 12.1 Å². The first-order valence-corrected chi connectivity index (χ1v) is 6.96. The molecule has 1 aromatic heterocycles. The summed E-state index contributed by atoms with van der Waals surface area (Å²) in [6, 6.07) is 0. The number of nitrogens with one attached hydrogen (secondary N) is 2. The fourth-order valence-electron chi connectivity index (χ4n) is 1.96. The van der Waals surface area contributed by atoms with Gasteiger partial charge in [0.2, 0.25) is 0 Å². The molecule has 4 N–H and O–H groups in total. The molecule has 0 atom stereocenters. The number of hydrogen-bond acceptors (Lipinski definition) is 3. The van der Waals surface area contributed by atoms with E-state index in [4.69, 9.17) is 5.73 Å². The summed E-state index contributed by atoms with van der Waals surface area (Å²) in [5.74, 6) is -0.203. The Morgan fingerprint density at radius 3 is 2.63 bits per heavy atom. The largest absolute Gasteiger partial charge is 0.395 e. The highest BCUT2D eigenvalue weighted by Crippen LogP contribution is 2.23. The van der Waals surface area contributed by atoms with Gasteiger partial charge in [0, 0.05) is 6.54 Å². The van der Waals surface area contributed by atoms with Crippen LogP contribution in [0.4, 0.5) is 5.69 Å². The molecule has 5 heteroatoms. The molecule has 5 nitrogen and oxygen atoms in total. The van der Waals surface area contributed by atoms with Crippen molar-refractivity contribution in [1.29, 1.82) is 0 Å². The van der Waals surface area contributed by atoms with E-state index in [2.05, 4.69) is 36.3 Å². The number of nitrogen functional groups attached to an aromatic ring is 1. The van der Waals surface area contributed by atoms with Crippen molar-refractivity contribution >= 4 is 11.6 Å². The highest BCUT2D eigenvalue weighted by molar-refractivity contribution is 5.97. The van der Waals surface area contributed by atoms with Crippen molar-refractivity contribution < 1.29 is 4.79 Å². The molecule has 1 rings (SSSR count). The van der Waals surface area contributed by atoms with E-state index >= 15 is 0 Å². The molecule has 0 aliphatic carbocycles. The minimum atomic E-state index is -0.203. The quantitative estimate of drug-likeness (QED) is 0.663. The fraction of sp³-hybridized carbons (Fsp3) is 0.714. The van der Waals surface area contributed by atoms with Crippen LogP contribution in [0, 0.1) is 12.3 Å². The van der Waals surface area contributed by atoms with Crippen molar-refractivity contribution in [2.24, 2.45) is 5.41 Å². The van der Waals surface area contributed by atoms with Crippen molar-refractivity contribution in [3.8, 4) is 0 Å². The number of aryl methyl sites for hydroxylation is 1. The number of aromatic amines is 1. The molecule has 0 aliphatic rings. The lowest BCUT2D eigenvalue weighted by molar-refractivity contribution is 0.0930. The smallest absolute Gasteiger partial charge is 0.273 e. The first kappa shape index (κ1) is 15.5. The molecule has 0 spiro atoms. The topological polar surface area (TPSA) is 83.8 Å². The maximum atomic E-state index is 12.0. The summed E-state index contributed by atoms with van der Waals surface area (Å²) in [5.41, 5.74) is 7.34. The summed E-state index contributed by atoms with van der Waals surface area (Å²) in [6.07, 6.45) is 4.76. The summed E-state index contributed by atoms with van der Waals surface area (Å²) >= 11 is 0. The van der Waals surface area contributed by atoms with Crippen LogP contribution in [0.2, 0.25) is 0 Å². The van der Waals surface area contributed by atoms with Crippen LogP contribution in [0.5, 0.6) is 0 Å². The monoisotopic (exact) mass is 266 g/mol. The van der Waals surface area contributed by atoms with Crippen LogP contribution in [0.25, 0.3) is 0 Å². The van der Waals surface area contributed by atoms with Gasteiger partial charge in [-0.2, -0.15) is 5.10 Å². The average Bonchev–Trinajstić information content (AvgIpc) is 2.68. The minimum absolute atomic E-state index is 0.102. The molecule has 1 amide bonds. The van der Waals surface area contributed by atoms with Gasteiger partial charge in [-0.1, -0.05) is 40.0 Å². The van der Waals surface area contributed by atoms with Crippen molar-refractivity contribution in [1.82, 2.24) is 15.5 Å². The number of anilines is 1. The molecule has 1 aromatic rings. The van der Waals surface area contributed by atoms with Crippen LogP contribution < -0.4 is 11.1 Å². The van der Waals surface area contributed by atoms with Gasteiger partial charge in [0.1, 0.15) is 0 Å². The number of aromatic nitrogens is 2. The maximum absolute atomic E-state index is 12.0. The zero-order valence-corrected chi connectivity index (χ0v) is 12.5. The number of H-pyrrole nitrogens is 1. The Morgan fingerprint density at radius 1 is 1.42 bits per heavy atom. The van der Waals surface area contributed by atoms with Gasteiger partial charge in [-0.05, 0) is 18.8 Å². The lowest BCUT2D eigenvalue weighted by Gasteiger charge is -2.24. The van der Waals surface area contributed by atoms with E-state index in [0.29, 0.717) is 17.9 Å². The average molecular weight is 266 g/mol. The van der Waals surface area contributed by atoms with Gasteiger partial charge in [-0.25, -0.2) is 0 Å². The van der Waals surface area contributed by atoms with E-state index in [9.17, 15) is 4.79 Å². The summed E-state index contributed by atoms with van der Waals surface area (Å²) in [7, 11) is 0. The molecule has 0 aromatic carbocycles. The van der Waals surface area contributed by atoms with Crippen molar-refractivity contribution in [3.05, 3.63) is 11.4 Å². The Hall–Kier alpha value is -1.52. The van der Waals surface area contributed by atoms with E-state index in [1.165, 1.54) is 19.3 Å². The van der Waals surface area contributed by atoms with Crippen LogP contribution in [-0.2, 0) is 0 Å². The van der Waals surface area contributed by atoms with E-state index in [1.54, 1.807) is 6.92 Å². The van der Waals surface area contributed by atoms with Gasteiger partial charge >= 0.3 is 0 Å². The highest BCUT2D eigenvalue weighted by Gasteiger charge is 2.21. The SMILES string of the molecule is CCCCCC(C)(C)CNC(=O)c1n[nH]c(C)c1N. The van der Waals surface area contributed by atoms with Crippen molar-refractivity contribution in [3.63, 3.8) is 0 Å². The second kappa shape index (κ2) is 6.59. The normalized spacial score (nSPS) is 11.6. The molecule has 0 aliphatic heterocycles. The van der Waals surface area contributed by atoms with Crippen molar-refractivity contribution in [2.45, 2.75) is 53.4 Å². The molecule has 0 saturated carbocycles. The zero-order valence-electron chi connectivity index (χ0n) is 12.5. The third-order valence-corrected chi connectivity index (χ3v) is 3.39. The predicted octanol–water partition coefficient (Wildman–Crippen LogP) is 2.64. The molecule has 0 bridgehead atoms. The van der Waals surface area contributed by atoms with Gasteiger partial charge < -0.3 is 11.1 Å². The van der Waals surface area contributed by atoms with Crippen LogP contribution in [-0.4, -0.2) is 22.6 Å². The zero-order chi connectivity index (χ0) is 14.5. The third kappa shape index (κ3) is 4.58. The summed E-state index contributed by atoms with van der Waals surface area (Å²) in [4.78, 5) is 12.0. The standard InChI is InChI=1S/C14H26N4O/c1-5-6-7-8-14(3,4)9-16-13(19)12-11(15)10(2)17-18-12/h5-9,15H2,1-4H3,(H,16,19)(H,17,18). The van der Waals surface area contributed by atoms with Crippen LogP contribution >= 0.6 is 0 Å². The molecule has 1 heterocycles. The van der Waals surface area contributed by atoms with E-state index in [1.807, 2.05) is 0 Å². The number of nitrogens with two attached hydrogens (primary N) is 1. The second-order valence-corrected chi connectivity index (χ2v) is 5.91.